The Morgan fingerprint density at radius 3 is 2.74 bits per heavy atom. The molecule has 0 unspecified atom stereocenters. The van der Waals surface area contributed by atoms with Crippen LogP contribution in [-0.4, -0.2) is 4.98 Å². The van der Waals surface area contributed by atoms with E-state index in [1.807, 2.05) is 26.0 Å². The van der Waals surface area contributed by atoms with E-state index < -0.39 is 0 Å². The van der Waals surface area contributed by atoms with Crippen molar-refractivity contribution in [1.29, 1.82) is 0 Å². The largest absolute Gasteiger partial charge is 0.398 e. The maximum absolute atomic E-state index is 13.2. The lowest BCUT2D eigenvalue weighted by atomic mass is 10.1. The molecule has 2 aromatic carbocycles. The highest BCUT2D eigenvalue weighted by molar-refractivity contribution is 7.21. The van der Waals surface area contributed by atoms with E-state index in [0.717, 1.165) is 32.1 Å². The fraction of sp³-hybridized carbons (Fsp3) is 0.133. The van der Waals surface area contributed by atoms with Gasteiger partial charge in [-0.2, -0.15) is 0 Å². The predicted octanol–water partition coefficient (Wildman–Crippen LogP) is 4.30. The normalized spacial score (nSPS) is 11.1. The average molecular weight is 272 g/mol. The molecule has 19 heavy (non-hydrogen) atoms. The summed E-state index contributed by atoms with van der Waals surface area (Å²) in [5.74, 6) is -0.266. The summed E-state index contributed by atoms with van der Waals surface area (Å²) in [6.45, 7) is 4.02. The monoisotopic (exact) mass is 272 g/mol. The van der Waals surface area contributed by atoms with Crippen LogP contribution in [-0.2, 0) is 0 Å². The fourth-order valence-corrected chi connectivity index (χ4v) is 3.15. The van der Waals surface area contributed by atoms with Gasteiger partial charge in [-0.05, 0) is 37.6 Å². The van der Waals surface area contributed by atoms with Crippen molar-refractivity contribution in [3.05, 3.63) is 47.3 Å². The molecule has 3 rings (SSSR count). The van der Waals surface area contributed by atoms with E-state index in [4.69, 9.17) is 5.73 Å². The molecule has 3 aromatic rings. The van der Waals surface area contributed by atoms with Gasteiger partial charge in [0, 0.05) is 17.3 Å². The third-order valence-electron chi connectivity index (χ3n) is 3.11. The van der Waals surface area contributed by atoms with Gasteiger partial charge in [0.05, 0.1) is 10.2 Å². The highest BCUT2D eigenvalue weighted by atomic mass is 32.1. The molecule has 0 saturated heterocycles. The number of nitrogens with two attached hydrogens (primary N) is 1. The van der Waals surface area contributed by atoms with Gasteiger partial charge in [0.2, 0.25) is 0 Å². The zero-order valence-electron chi connectivity index (χ0n) is 10.7. The van der Waals surface area contributed by atoms with Crippen molar-refractivity contribution in [2.75, 3.05) is 5.73 Å². The summed E-state index contributed by atoms with van der Waals surface area (Å²) in [6, 6.07) is 8.73. The number of benzene rings is 2. The first-order valence-corrected chi connectivity index (χ1v) is 6.79. The van der Waals surface area contributed by atoms with Crippen LogP contribution >= 0.6 is 11.3 Å². The Morgan fingerprint density at radius 1 is 1.16 bits per heavy atom. The number of rotatable bonds is 1. The van der Waals surface area contributed by atoms with Crippen LogP contribution in [0, 0.1) is 19.7 Å². The molecule has 0 spiro atoms. The molecular formula is C15H13FN2S. The fourth-order valence-electron chi connectivity index (χ4n) is 2.17. The summed E-state index contributed by atoms with van der Waals surface area (Å²) in [7, 11) is 0. The first-order valence-electron chi connectivity index (χ1n) is 5.98. The van der Waals surface area contributed by atoms with Crippen LogP contribution < -0.4 is 5.73 Å². The number of nitrogens with zero attached hydrogens (tertiary/aromatic N) is 1. The maximum Gasteiger partial charge on any atom is 0.126 e. The Labute approximate surface area is 114 Å². The number of aromatic nitrogens is 1. The summed E-state index contributed by atoms with van der Waals surface area (Å²) in [6.07, 6.45) is 0. The van der Waals surface area contributed by atoms with Crippen molar-refractivity contribution in [1.82, 2.24) is 4.98 Å². The van der Waals surface area contributed by atoms with E-state index in [1.54, 1.807) is 6.07 Å². The summed E-state index contributed by atoms with van der Waals surface area (Å²) in [5, 5.41) is 0.838. The minimum atomic E-state index is -0.266. The average Bonchev–Trinajstić information content (AvgIpc) is 2.76. The zero-order valence-corrected chi connectivity index (χ0v) is 11.5. The zero-order chi connectivity index (χ0) is 13.6. The number of aryl methyl sites for hydroxylation is 2. The molecule has 4 heteroatoms. The van der Waals surface area contributed by atoms with Gasteiger partial charge in [0.25, 0.3) is 0 Å². The van der Waals surface area contributed by atoms with E-state index in [9.17, 15) is 4.39 Å². The van der Waals surface area contributed by atoms with E-state index in [-0.39, 0.29) is 5.82 Å². The van der Waals surface area contributed by atoms with E-state index in [2.05, 4.69) is 4.98 Å². The van der Waals surface area contributed by atoms with Crippen molar-refractivity contribution in [3.63, 3.8) is 0 Å². The van der Waals surface area contributed by atoms with E-state index in [1.165, 1.54) is 23.5 Å². The molecule has 1 heterocycles. The molecule has 0 fully saturated rings. The number of fused-ring (bicyclic) bond motifs is 1. The molecule has 0 amide bonds. The quantitative estimate of drug-likeness (QED) is 0.671. The molecular weight excluding hydrogens is 259 g/mol. The lowest BCUT2D eigenvalue weighted by molar-refractivity contribution is 0.629. The van der Waals surface area contributed by atoms with Crippen molar-refractivity contribution in [2.45, 2.75) is 13.8 Å². The minimum absolute atomic E-state index is 0.266. The van der Waals surface area contributed by atoms with E-state index in [0.29, 0.717) is 5.52 Å². The van der Waals surface area contributed by atoms with Crippen LogP contribution in [0.5, 0.6) is 0 Å². The van der Waals surface area contributed by atoms with Crippen LogP contribution in [0.2, 0.25) is 0 Å². The van der Waals surface area contributed by atoms with Crippen molar-refractivity contribution < 1.29 is 4.39 Å². The molecule has 2 N–H and O–H groups in total. The Hall–Kier alpha value is -1.94. The predicted molar refractivity (Wildman–Crippen MR) is 78.9 cm³/mol. The lowest BCUT2D eigenvalue weighted by Crippen LogP contribution is -1.94. The molecule has 0 aliphatic rings. The highest BCUT2D eigenvalue weighted by Crippen LogP contribution is 2.35. The van der Waals surface area contributed by atoms with Gasteiger partial charge in [-0.25, -0.2) is 9.37 Å². The number of halogens is 1. The minimum Gasteiger partial charge on any atom is -0.398 e. The topological polar surface area (TPSA) is 38.9 Å². The van der Waals surface area contributed by atoms with Crippen LogP contribution in [0.4, 0.5) is 10.1 Å². The highest BCUT2D eigenvalue weighted by Gasteiger charge is 2.11. The Kier molecular flexibility index (Phi) is 2.75. The van der Waals surface area contributed by atoms with Gasteiger partial charge in [-0.3, -0.25) is 0 Å². The smallest absolute Gasteiger partial charge is 0.126 e. The Bertz CT molecular complexity index is 777. The number of hydrogen-bond donors (Lipinski definition) is 1. The third kappa shape index (κ3) is 2.08. The van der Waals surface area contributed by atoms with Crippen molar-refractivity contribution in [3.8, 4) is 10.6 Å². The van der Waals surface area contributed by atoms with Gasteiger partial charge in [-0.15, -0.1) is 11.3 Å². The second-order valence-electron chi connectivity index (χ2n) is 4.67. The molecule has 0 aliphatic heterocycles. The van der Waals surface area contributed by atoms with Gasteiger partial charge in [0.15, 0.2) is 0 Å². The SMILES string of the molecule is Cc1cc(C)c(N)c(-c2nc3cc(F)ccc3s2)c1. The second-order valence-corrected chi connectivity index (χ2v) is 5.70. The molecule has 0 radical (unpaired) electrons. The molecule has 0 saturated carbocycles. The van der Waals surface area contributed by atoms with Gasteiger partial charge in [0.1, 0.15) is 10.8 Å². The summed E-state index contributed by atoms with van der Waals surface area (Å²) in [4.78, 5) is 4.49. The van der Waals surface area contributed by atoms with E-state index >= 15 is 0 Å². The summed E-state index contributed by atoms with van der Waals surface area (Å²) in [5.41, 5.74) is 10.7. The lowest BCUT2D eigenvalue weighted by Gasteiger charge is -2.07. The molecule has 2 nitrogen and oxygen atoms in total. The second kappa shape index (κ2) is 4.31. The van der Waals surface area contributed by atoms with Crippen molar-refractivity contribution >= 4 is 27.2 Å². The van der Waals surface area contributed by atoms with Crippen LogP contribution in [0.15, 0.2) is 30.3 Å². The Morgan fingerprint density at radius 2 is 1.95 bits per heavy atom. The van der Waals surface area contributed by atoms with Crippen molar-refractivity contribution in [2.24, 2.45) is 0 Å². The van der Waals surface area contributed by atoms with Crippen LogP contribution in [0.25, 0.3) is 20.8 Å². The number of anilines is 1. The molecule has 1 aromatic heterocycles. The molecule has 96 valence electrons. The first kappa shape index (κ1) is 12.1. The standard InChI is InChI=1S/C15H13FN2S/c1-8-5-9(2)14(17)11(6-8)15-18-12-7-10(16)3-4-13(12)19-15/h3-7H,17H2,1-2H3. The van der Waals surface area contributed by atoms with Crippen LogP contribution in [0.3, 0.4) is 0 Å². The third-order valence-corrected chi connectivity index (χ3v) is 4.18. The summed E-state index contributed by atoms with van der Waals surface area (Å²) < 4.78 is 14.2. The van der Waals surface area contributed by atoms with Crippen LogP contribution in [0.1, 0.15) is 11.1 Å². The maximum atomic E-state index is 13.2. The first-order chi connectivity index (χ1) is 9.04. The Balaban J connectivity index is 2.24. The molecule has 0 atom stereocenters. The van der Waals surface area contributed by atoms with Gasteiger partial charge < -0.3 is 5.73 Å². The molecule has 0 aliphatic carbocycles. The van der Waals surface area contributed by atoms with Gasteiger partial charge in [-0.1, -0.05) is 11.6 Å². The summed E-state index contributed by atoms with van der Waals surface area (Å²) >= 11 is 1.53. The molecule has 0 bridgehead atoms. The number of thiazole rings is 1. The number of hydrogen-bond acceptors (Lipinski definition) is 3. The number of nitrogen functional groups attached to an aromatic ring is 1. The van der Waals surface area contributed by atoms with Gasteiger partial charge >= 0.3 is 0 Å².